The van der Waals surface area contributed by atoms with Gasteiger partial charge in [-0.25, -0.2) is 0 Å². The van der Waals surface area contributed by atoms with Crippen LogP contribution >= 0.6 is 0 Å². The minimum absolute atomic E-state index is 0.442. The molecular formula is C22H24N2O6. The Morgan fingerprint density at radius 3 is 1.37 bits per heavy atom. The fourth-order valence-corrected chi connectivity index (χ4v) is 2.74. The Bertz CT molecular complexity index is 879. The number of hydrogen-bond acceptors (Lipinski definition) is 6. The Hall–Kier alpha value is -3.68. The van der Waals surface area contributed by atoms with Crippen LogP contribution in [0.3, 0.4) is 0 Å². The van der Waals surface area contributed by atoms with Crippen LogP contribution in [0, 0.1) is 13.8 Å². The highest BCUT2D eigenvalue weighted by atomic mass is 16.6. The van der Waals surface area contributed by atoms with E-state index < -0.39 is 36.0 Å². The van der Waals surface area contributed by atoms with Gasteiger partial charge in [-0.2, -0.15) is 0 Å². The Balaban J connectivity index is 2.30. The first kappa shape index (κ1) is 22.6. The summed E-state index contributed by atoms with van der Waals surface area (Å²) in [6, 6.07) is 13.9. The van der Waals surface area contributed by atoms with Crippen molar-refractivity contribution in [2.45, 2.75) is 39.9 Å². The van der Waals surface area contributed by atoms with E-state index in [0.29, 0.717) is 11.4 Å². The summed E-state index contributed by atoms with van der Waals surface area (Å²) in [5.74, 6) is -3.22. The topological polar surface area (TPSA) is 111 Å². The minimum Gasteiger partial charge on any atom is -0.448 e. The van der Waals surface area contributed by atoms with Crippen molar-refractivity contribution in [1.82, 2.24) is 0 Å². The third-order valence-electron chi connectivity index (χ3n) is 3.95. The van der Waals surface area contributed by atoms with Crippen molar-refractivity contribution in [2.24, 2.45) is 0 Å². The van der Waals surface area contributed by atoms with Gasteiger partial charge in [-0.05, 0) is 49.2 Å². The predicted molar refractivity (Wildman–Crippen MR) is 111 cm³/mol. The average molecular weight is 412 g/mol. The van der Waals surface area contributed by atoms with E-state index in [1.807, 2.05) is 26.0 Å². The van der Waals surface area contributed by atoms with Gasteiger partial charge in [0.25, 0.3) is 11.8 Å². The van der Waals surface area contributed by atoms with E-state index in [-0.39, 0.29) is 0 Å². The Labute approximate surface area is 174 Å². The van der Waals surface area contributed by atoms with E-state index in [2.05, 4.69) is 10.6 Å². The summed E-state index contributed by atoms with van der Waals surface area (Å²) in [5.41, 5.74) is 2.67. The average Bonchev–Trinajstić information content (AvgIpc) is 2.64. The van der Waals surface area contributed by atoms with Crippen LogP contribution in [-0.2, 0) is 28.7 Å². The molecule has 2 unspecified atom stereocenters. The fraction of sp³-hybridized carbons (Fsp3) is 0.273. The summed E-state index contributed by atoms with van der Waals surface area (Å²) < 4.78 is 10.1. The number of carbonyl (C=O) groups excluding carboxylic acids is 4. The lowest BCUT2D eigenvalue weighted by atomic mass is 10.1. The van der Waals surface area contributed by atoms with Crippen molar-refractivity contribution in [3.63, 3.8) is 0 Å². The van der Waals surface area contributed by atoms with Gasteiger partial charge in [0.1, 0.15) is 0 Å². The molecule has 158 valence electrons. The van der Waals surface area contributed by atoms with E-state index in [1.54, 1.807) is 36.4 Å². The third kappa shape index (κ3) is 6.73. The van der Waals surface area contributed by atoms with Crippen LogP contribution in [0.1, 0.15) is 25.0 Å². The molecule has 0 radical (unpaired) electrons. The number of nitrogens with one attached hydrogen (secondary N) is 2. The van der Waals surface area contributed by atoms with Crippen molar-refractivity contribution in [3.05, 3.63) is 59.7 Å². The number of aryl methyl sites for hydroxylation is 2. The summed E-state index contributed by atoms with van der Waals surface area (Å²) in [4.78, 5) is 48.9. The molecule has 0 aromatic heterocycles. The van der Waals surface area contributed by atoms with Gasteiger partial charge < -0.3 is 20.1 Å². The highest BCUT2D eigenvalue weighted by molar-refractivity contribution is 6.03. The molecule has 2 aromatic carbocycles. The van der Waals surface area contributed by atoms with E-state index >= 15 is 0 Å². The van der Waals surface area contributed by atoms with Gasteiger partial charge in [0.05, 0.1) is 0 Å². The monoisotopic (exact) mass is 412 g/mol. The van der Waals surface area contributed by atoms with E-state index in [0.717, 1.165) is 25.0 Å². The highest BCUT2D eigenvalue weighted by Crippen LogP contribution is 2.16. The SMILES string of the molecule is CC(=O)OC(C(=O)Nc1cccc(C)c1)C(OC(C)=O)C(=O)Nc1cccc(C)c1. The van der Waals surface area contributed by atoms with Crippen LogP contribution in [-0.4, -0.2) is 36.0 Å². The van der Waals surface area contributed by atoms with Crippen LogP contribution in [0.4, 0.5) is 11.4 Å². The molecule has 2 amide bonds. The molecule has 0 aliphatic rings. The molecule has 2 aromatic rings. The molecule has 0 aliphatic heterocycles. The second-order valence-electron chi connectivity index (χ2n) is 6.78. The van der Waals surface area contributed by atoms with Crippen molar-refractivity contribution >= 4 is 35.1 Å². The van der Waals surface area contributed by atoms with Gasteiger partial charge in [-0.1, -0.05) is 24.3 Å². The zero-order valence-corrected chi connectivity index (χ0v) is 17.2. The molecule has 2 atom stereocenters. The molecule has 0 spiro atoms. The summed E-state index contributed by atoms with van der Waals surface area (Å²) in [7, 11) is 0. The van der Waals surface area contributed by atoms with Crippen LogP contribution in [0.15, 0.2) is 48.5 Å². The van der Waals surface area contributed by atoms with E-state index in [1.165, 1.54) is 0 Å². The number of ether oxygens (including phenoxy) is 2. The largest absolute Gasteiger partial charge is 0.448 e. The number of carbonyl (C=O) groups is 4. The summed E-state index contributed by atoms with van der Waals surface area (Å²) >= 11 is 0. The summed E-state index contributed by atoms with van der Waals surface area (Å²) in [6.07, 6.45) is -3.37. The third-order valence-corrected chi connectivity index (χ3v) is 3.95. The van der Waals surface area contributed by atoms with E-state index in [9.17, 15) is 19.2 Å². The molecule has 0 aliphatic carbocycles. The zero-order valence-electron chi connectivity index (χ0n) is 17.2. The molecule has 0 saturated heterocycles. The van der Waals surface area contributed by atoms with Crippen molar-refractivity contribution < 1.29 is 28.7 Å². The van der Waals surface area contributed by atoms with Crippen LogP contribution in [0.5, 0.6) is 0 Å². The fourth-order valence-electron chi connectivity index (χ4n) is 2.74. The van der Waals surface area contributed by atoms with Gasteiger partial charge in [-0.15, -0.1) is 0 Å². The van der Waals surface area contributed by atoms with Gasteiger partial charge in [0.2, 0.25) is 12.2 Å². The van der Waals surface area contributed by atoms with Crippen molar-refractivity contribution in [2.75, 3.05) is 10.6 Å². The van der Waals surface area contributed by atoms with Crippen molar-refractivity contribution in [1.29, 1.82) is 0 Å². The number of hydrogen-bond donors (Lipinski definition) is 2. The van der Waals surface area contributed by atoms with Crippen LogP contribution in [0.2, 0.25) is 0 Å². The number of rotatable bonds is 7. The lowest BCUT2D eigenvalue weighted by Crippen LogP contribution is -2.49. The van der Waals surface area contributed by atoms with Gasteiger partial charge >= 0.3 is 11.9 Å². The first-order chi connectivity index (χ1) is 14.2. The van der Waals surface area contributed by atoms with Gasteiger partial charge in [-0.3, -0.25) is 19.2 Å². The molecule has 0 fully saturated rings. The molecular weight excluding hydrogens is 388 g/mol. The molecule has 8 nitrogen and oxygen atoms in total. The molecule has 30 heavy (non-hydrogen) atoms. The quantitative estimate of drug-likeness (QED) is 0.677. The highest BCUT2D eigenvalue weighted by Gasteiger charge is 2.39. The second kappa shape index (κ2) is 10.2. The maximum absolute atomic E-state index is 12.8. The maximum Gasteiger partial charge on any atom is 0.303 e. The second-order valence-corrected chi connectivity index (χ2v) is 6.78. The predicted octanol–water partition coefficient (Wildman–Crippen LogP) is 2.74. The summed E-state index contributed by atoms with van der Waals surface area (Å²) in [5, 5.41) is 5.16. The number of esters is 2. The maximum atomic E-state index is 12.8. The van der Waals surface area contributed by atoms with Crippen molar-refractivity contribution in [3.8, 4) is 0 Å². The first-order valence-electron chi connectivity index (χ1n) is 9.25. The molecule has 0 saturated carbocycles. The van der Waals surface area contributed by atoms with Gasteiger partial charge in [0, 0.05) is 25.2 Å². The number of anilines is 2. The zero-order chi connectivity index (χ0) is 22.3. The number of amides is 2. The van der Waals surface area contributed by atoms with Gasteiger partial charge in [0.15, 0.2) is 0 Å². The Morgan fingerprint density at radius 1 is 0.700 bits per heavy atom. The molecule has 0 bridgehead atoms. The number of benzene rings is 2. The molecule has 8 heteroatoms. The minimum atomic E-state index is -1.68. The first-order valence-corrected chi connectivity index (χ1v) is 9.25. The Morgan fingerprint density at radius 2 is 1.07 bits per heavy atom. The standard InChI is InChI=1S/C22H24N2O6/c1-13-7-5-9-17(11-13)23-21(27)19(29-15(3)25)20(30-16(4)26)22(28)24-18-10-6-8-14(2)12-18/h5-12,19-20H,1-4H3,(H,23,27)(H,24,28). The molecule has 2 N–H and O–H groups in total. The van der Waals surface area contributed by atoms with Crippen LogP contribution < -0.4 is 10.6 Å². The smallest absolute Gasteiger partial charge is 0.303 e. The van der Waals surface area contributed by atoms with E-state index in [4.69, 9.17) is 9.47 Å². The lowest BCUT2D eigenvalue weighted by Gasteiger charge is -2.25. The normalized spacial score (nSPS) is 12.3. The molecule has 2 rings (SSSR count). The summed E-state index contributed by atoms with van der Waals surface area (Å²) in [6.45, 7) is 5.87. The van der Waals surface area contributed by atoms with Crippen LogP contribution in [0.25, 0.3) is 0 Å². The lowest BCUT2D eigenvalue weighted by molar-refractivity contribution is -0.171. The Kier molecular flexibility index (Phi) is 7.69. The molecule has 0 heterocycles.